The van der Waals surface area contributed by atoms with Crippen LogP contribution in [0, 0.1) is 0 Å². The Kier molecular flexibility index (Phi) is 3.99. The largest absolute Gasteiger partial charge is 0.508 e. The lowest BCUT2D eigenvalue weighted by Crippen LogP contribution is -2.16. The molecule has 0 saturated heterocycles. The number of phenolic OH excluding ortho intramolecular Hbond substituents is 1. The summed E-state index contributed by atoms with van der Waals surface area (Å²) < 4.78 is 0.495. The molecule has 2 aromatic rings. The number of phenols is 1. The van der Waals surface area contributed by atoms with Crippen LogP contribution in [0.5, 0.6) is 5.75 Å². The first kappa shape index (κ1) is 14.0. The van der Waals surface area contributed by atoms with Gasteiger partial charge in [0.25, 0.3) is 5.91 Å². The number of halogens is 1. The fourth-order valence-corrected chi connectivity index (χ4v) is 1.88. The number of carbonyl (C=O) groups is 2. The standard InChI is InChI=1S/C13H9BrN2O4/c14-11-3-1-2-10(15-11)12(18)16-9-5-4-7(17)6-8(9)13(19)20/h1-6,17H,(H,16,18)(H,19,20). The molecule has 7 heteroatoms. The van der Waals surface area contributed by atoms with Crippen molar-refractivity contribution in [1.29, 1.82) is 0 Å². The van der Waals surface area contributed by atoms with Gasteiger partial charge in [0.2, 0.25) is 0 Å². The maximum atomic E-state index is 12.0. The van der Waals surface area contributed by atoms with Gasteiger partial charge in [0.05, 0.1) is 11.3 Å². The minimum atomic E-state index is -1.25. The minimum Gasteiger partial charge on any atom is -0.508 e. The van der Waals surface area contributed by atoms with Gasteiger partial charge in [-0.2, -0.15) is 0 Å². The molecule has 1 amide bonds. The second kappa shape index (κ2) is 5.70. The first-order valence-electron chi connectivity index (χ1n) is 5.47. The molecule has 0 fully saturated rings. The zero-order valence-corrected chi connectivity index (χ0v) is 11.6. The topological polar surface area (TPSA) is 99.5 Å². The highest BCUT2D eigenvalue weighted by molar-refractivity contribution is 9.10. The molecule has 1 aromatic carbocycles. The molecule has 1 heterocycles. The summed E-state index contributed by atoms with van der Waals surface area (Å²) in [6.45, 7) is 0. The number of benzene rings is 1. The van der Waals surface area contributed by atoms with Crippen molar-refractivity contribution in [1.82, 2.24) is 4.98 Å². The van der Waals surface area contributed by atoms with Gasteiger partial charge in [0, 0.05) is 0 Å². The van der Waals surface area contributed by atoms with Crippen molar-refractivity contribution < 1.29 is 19.8 Å². The summed E-state index contributed by atoms with van der Waals surface area (Å²) in [5.74, 6) is -1.99. The summed E-state index contributed by atoms with van der Waals surface area (Å²) in [4.78, 5) is 27.0. The van der Waals surface area contributed by atoms with Crippen molar-refractivity contribution >= 4 is 33.5 Å². The molecular formula is C13H9BrN2O4. The first-order chi connectivity index (χ1) is 9.47. The average Bonchev–Trinajstić information content (AvgIpc) is 2.40. The molecule has 0 aliphatic heterocycles. The summed E-state index contributed by atoms with van der Waals surface area (Å²) in [6.07, 6.45) is 0. The molecule has 2 rings (SSSR count). The van der Waals surface area contributed by atoms with Crippen LogP contribution in [-0.2, 0) is 0 Å². The summed E-state index contributed by atoms with van der Waals surface area (Å²) >= 11 is 3.14. The van der Waals surface area contributed by atoms with Crippen molar-refractivity contribution in [2.24, 2.45) is 0 Å². The van der Waals surface area contributed by atoms with E-state index in [-0.39, 0.29) is 22.7 Å². The summed E-state index contributed by atoms with van der Waals surface area (Å²) in [7, 11) is 0. The number of hydrogen-bond donors (Lipinski definition) is 3. The number of carboxylic acid groups (broad SMARTS) is 1. The van der Waals surface area contributed by atoms with Gasteiger partial charge in [-0.05, 0) is 46.3 Å². The number of anilines is 1. The van der Waals surface area contributed by atoms with Gasteiger partial charge in [-0.15, -0.1) is 0 Å². The molecule has 20 heavy (non-hydrogen) atoms. The van der Waals surface area contributed by atoms with Crippen LogP contribution < -0.4 is 5.32 Å². The van der Waals surface area contributed by atoms with Crippen LogP contribution in [0.25, 0.3) is 0 Å². The SMILES string of the molecule is O=C(Nc1ccc(O)cc1C(=O)O)c1cccc(Br)n1. The number of aromatic carboxylic acids is 1. The van der Waals surface area contributed by atoms with Crippen molar-refractivity contribution in [2.75, 3.05) is 5.32 Å². The predicted octanol–water partition coefficient (Wildman–Crippen LogP) is 2.50. The summed E-state index contributed by atoms with van der Waals surface area (Å²) in [6, 6.07) is 8.47. The number of carbonyl (C=O) groups excluding carboxylic acids is 1. The van der Waals surface area contributed by atoms with Crippen LogP contribution in [0.1, 0.15) is 20.8 Å². The number of nitrogens with zero attached hydrogens (tertiary/aromatic N) is 1. The van der Waals surface area contributed by atoms with Crippen LogP contribution in [-0.4, -0.2) is 27.1 Å². The first-order valence-corrected chi connectivity index (χ1v) is 6.27. The molecule has 102 valence electrons. The third-order valence-electron chi connectivity index (χ3n) is 2.43. The highest BCUT2D eigenvalue weighted by Gasteiger charge is 2.15. The highest BCUT2D eigenvalue weighted by atomic mass is 79.9. The number of amides is 1. The number of aromatic hydroxyl groups is 1. The van der Waals surface area contributed by atoms with Crippen LogP contribution in [0.15, 0.2) is 41.0 Å². The van der Waals surface area contributed by atoms with E-state index in [1.165, 1.54) is 18.2 Å². The van der Waals surface area contributed by atoms with Crippen molar-refractivity contribution in [2.45, 2.75) is 0 Å². The van der Waals surface area contributed by atoms with E-state index in [0.29, 0.717) is 4.60 Å². The maximum Gasteiger partial charge on any atom is 0.337 e. The quantitative estimate of drug-likeness (QED) is 0.590. The van der Waals surface area contributed by atoms with E-state index in [1.807, 2.05) is 0 Å². The number of carboxylic acids is 1. The fraction of sp³-hybridized carbons (Fsp3) is 0. The maximum absolute atomic E-state index is 12.0. The minimum absolute atomic E-state index is 0.0853. The van der Waals surface area contributed by atoms with Gasteiger partial charge >= 0.3 is 5.97 Å². The number of hydrogen-bond acceptors (Lipinski definition) is 4. The van der Waals surface area contributed by atoms with Gasteiger partial charge in [0.15, 0.2) is 0 Å². The third-order valence-corrected chi connectivity index (χ3v) is 2.87. The van der Waals surface area contributed by atoms with Gasteiger partial charge in [-0.3, -0.25) is 4.79 Å². The van der Waals surface area contributed by atoms with E-state index < -0.39 is 11.9 Å². The second-order valence-corrected chi connectivity index (χ2v) is 4.65. The summed E-state index contributed by atoms with van der Waals surface area (Å²) in [5, 5.41) is 20.8. The normalized spacial score (nSPS) is 10.1. The molecule has 0 aliphatic carbocycles. The highest BCUT2D eigenvalue weighted by Crippen LogP contribution is 2.22. The average molecular weight is 337 g/mol. The van der Waals surface area contributed by atoms with Crippen molar-refractivity contribution in [3.8, 4) is 5.75 Å². The van der Waals surface area contributed by atoms with Crippen LogP contribution >= 0.6 is 15.9 Å². The molecule has 0 spiro atoms. The van der Waals surface area contributed by atoms with E-state index in [1.54, 1.807) is 12.1 Å². The lowest BCUT2D eigenvalue weighted by Gasteiger charge is -2.08. The van der Waals surface area contributed by atoms with Crippen LogP contribution in [0.4, 0.5) is 5.69 Å². The number of nitrogens with one attached hydrogen (secondary N) is 1. The molecule has 6 nitrogen and oxygen atoms in total. The van der Waals surface area contributed by atoms with E-state index in [0.717, 1.165) is 6.07 Å². The van der Waals surface area contributed by atoms with E-state index in [9.17, 15) is 14.7 Å². The molecule has 0 atom stereocenters. The van der Waals surface area contributed by atoms with Crippen molar-refractivity contribution in [3.63, 3.8) is 0 Å². The molecule has 0 unspecified atom stereocenters. The van der Waals surface area contributed by atoms with Crippen LogP contribution in [0.2, 0.25) is 0 Å². The van der Waals surface area contributed by atoms with Crippen LogP contribution in [0.3, 0.4) is 0 Å². The molecule has 0 radical (unpaired) electrons. The predicted molar refractivity (Wildman–Crippen MR) is 75.0 cm³/mol. The Morgan fingerprint density at radius 2 is 1.95 bits per heavy atom. The second-order valence-electron chi connectivity index (χ2n) is 3.83. The molecule has 1 aromatic heterocycles. The number of aromatic nitrogens is 1. The van der Waals surface area contributed by atoms with Gasteiger partial charge in [0.1, 0.15) is 16.0 Å². The lowest BCUT2D eigenvalue weighted by atomic mass is 10.1. The van der Waals surface area contributed by atoms with Gasteiger partial charge in [-0.1, -0.05) is 6.07 Å². The van der Waals surface area contributed by atoms with E-state index >= 15 is 0 Å². The Morgan fingerprint density at radius 3 is 2.60 bits per heavy atom. The molecule has 3 N–H and O–H groups in total. The van der Waals surface area contributed by atoms with Crippen molar-refractivity contribution in [3.05, 3.63) is 52.3 Å². The Labute approximate surface area is 122 Å². The Bertz CT molecular complexity index is 688. The zero-order chi connectivity index (χ0) is 14.7. The van der Waals surface area contributed by atoms with E-state index in [2.05, 4.69) is 26.2 Å². The fourth-order valence-electron chi connectivity index (χ4n) is 1.54. The smallest absolute Gasteiger partial charge is 0.337 e. The van der Waals surface area contributed by atoms with Gasteiger partial charge < -0.3 is 15.5 Å². The third kappa shape index (κ3) is 3.12. The molecule has 0 bridgehead atoms. The number of rotatable bonds is 3. The lowest BCUT2D eigenvalue weighted by molar-refractivity contribution is 0.0697. The van der Waals surface area contributed by atoms with E-state index in [4.69, 9.17) is 5.11 Å². The zero-order valence-electron chi connectivity index (χ0n) is 10.0. The Morgan fingerprint density at radius 1 is 1.20 bits per heavy atom. The summed E-state index contributed by atoms with van der Waals surface area (Å²) in [5.41, 5.74) is 0.0270. The Hall–Kier alpha value is -2.41. The molecule has 0 saturated carbocycles. The number of pyridine rings is 1. The molecule has 0 aliphatic rings. The molecular weight excluding hydrogens is 328 g/mol. The monoisotopic (exact) mass is 336 g/mol. The Balaban J connectivity index is 2.30. The van der Waals surface area contributed by atoms with Gasteiger partial charge in [-0.25, -0.2) is 9.78 Å².